The van der Waals surface area contributed by atoms with Crippen LogP contribution in [0.3, 0.4) is 0 Å². The van der Waals surface area contributed by atoms with E-state index in [9.17, 15) is 4.79 Å². The van der Waals surface area contributed by atoms with Crippen LogP contribution in [-0.2, 0) is 4.74 Å². The molecular formula is C20H20N4O2. The summed E-state index contributed by atoms with van der Waals surface area (Å²) in [6.07, 6.45) is 4.25. The van der Waals surface area contributed by atoms with Crippen molar-refractivity contribution < 1.29 is 9.53 Å². The smallest absolute Gasteiger partial charge is 0.270 e. The number of aromatic nitrogens is 3. The van der Waals surface area contributed by atoms with E-state index in [1.165, 1.54) is 0 Å². The lowest BCUT2D eigenvalue weighted by molar-refractivity contribution is 0.0950. The van der Waals surface area contributed by atoms with Gasteiger partial charge in [-0.2, -0.15) is 5.10 Å². The van der Waals surface area contributed by atoms with Crippen molar-refractivity contribution in [3.8, 4) is 22.4 Å². The van der Waals surface area contributed by atoms with Crippen molar-refractivity contribution in [2.75, 3.05) is 20.3 Å². The fourth-order valence-electron chi connectivity index (χ4n) is 3.41. The SMILES string of the molecule is COCC1CCNC(=O)c2c(-c3ccccc3)c(-c3ccncc3)nn21. The van der Waals surface area contributed by atoms with Gasteiger partial charge in [0.2, 0.25) is 0 Å². The number of nitrogens with zero attached hydrogens (tertiary/aromatic N) is 3. The van der Waals surface area contributed by atoms with Crippen LogP contribution >= 0.6 is 0 Å². The zero-order chi connectivity index (χ0) is 17.9. The Kier molecular flexibility index (Phi) is 4.50. The summed E-state index contributed by atoms with van der Waals surface area (Å²) in [5.74, 6) is -0.102. The van der Waals surface area contributed by atoms with Gasteiger partial charge in [0.1, 0.15) is 11.4 Å². The molecular weight excluding hydrogens is 328 g/mol. The number of carbonyl (C=O) groups excluding carboxylic acids is 1. The number of pyridine rings is 1. The van der Waals surface area contributed by atoms with E-state index in [1.54, 1.807) is 19.5 Å². The first kappa shape index (κ1) is 16.5. The maximum atomic E-state index is 12.9. The van der Waals surface area contributed by atoms with Crippen molar-refractivity contribution in [3.05, 3.63) is 60.6 Å². The summed E-state index contributed by atoms with van der Waals surface area (Å²) in [5.41, 5.74) is 4.11. The Morgan fingerprint density at radius 1 is 1.15 bits per heavy atom. The Balaban J connectivity index is 1.99. The second kappa shape index (κ2) is 7.09. The molecule has 3 aromatic rings. The van der Waals surface area contributed by atoms with Gasteiger partial charge in [0.15, 0.2) is 0 Å². The summed E-state index contributed by atoms with van der Waals surface area (Å²) in [6, 6.07) is 13.7. The molecule has 0 saturated heterocycles. The van der Waals surface area contributed by atoms with Crippen LogP contribution in [0.5, 0.6) is 0 Å². The fraction of sp³-hybridized carbons (Fsp3) is 0.250. The number of methoxy groups -OCH3 is 1. The molecule has 1 aromatic carbocycles. The van der Waals surface area contributed by atoms with Gasteiger partial charge < -0.3 is 10.1 Å². The first-order valence-corrected chi connectivity index (χ1v) is 8.65. The summed E-state index contributed by atoms with van der Waals surface area (Å²) < 4.78 is 7.22. The number of nitrogens with one attached hydrogen (secondary N) is 1. The zero-order valence-corrected chi connectivity index (χ0v) is 14.6. The molecule has 0 spiro atoms. The Bertz CT molecular complexity index is 906. The first-order chi connectivity index (χ1) is 12.8. The summed E-state index contributed by atoms with van der Waals surface area (Å²) in [4.78, 5) is 17.0. The highest BCUT2D eigenvalue weighted by molar-refractivity contribution is 6.03. The number of hydrogen-bond donors (Lipinski definition) is 1. The molecule has 0 radical (unpaired) electrons. The van der Waals surface area contributed by atoms with Gasteiger partial charge in [-0.3, -0.25) is 14.5 Å². The van der Waals surface area contributed by atoms with Gasteiger partial charge >= 0.3 is 0 Å². The molecule has 1 N–H and O–H groups in total. The fourth-order valence-corrected chi connectivity index (χ4v) is 3.41. The lowest BCUT2D eigenvalue weighted by atomic mass is 9.99. The minimum absolute atomic E-state index is 0.00648. The van der Waals surface area contributed by atoms with Crippen molar-refractivity contribution in [1.82, 2.24) is 20.1 Å². The second-order valence-electron chi connectivity index (χ2n) is 6.27. The van der Waals surface area contributed by atoms with Gasteiger partial charge in [-0.25, -0.2) is 0 Å². The Labute approximate surface area is 151 Å². The van der Waals surface area contributed by atoms with Gasteiger partial charge in [-0.05, 0) is 24.1 Å². The molecule has 2 aromatic heterocycles. The summed E-state index contributed by atoms with van der Waals surface area (Å²) in [5, 5.41) is 7.85. The van der Waals surface area contributed by atoms with E-state index in [2.05, 4.69) is 10.3 Å². The molecule has 4 rings (SSSR count). The molecule has 26 heavy (non-hydrogen) atoms. The van der Waals surface area contributed by atoms with Gasteiger partial charge in [0.25, 0.3) is 5.91 Å². The molecule has 3 heterocycles. The average Bonchev–Trinajstić information content (AvgIpc) is 3.02. The predicted molar refractivity (Wildman–Crippen MR) is 98.8 cm³/mol. The van der Waals surface area contributed by atoms with E-state index in [0.29, 0.717) is 18.8 Å². The lowest BCUT2D eigenvalue weighted by Gasteiger charge is -2.15. The minimum atomic E-state index is -0.102. The van der Waals surface area contributed by atoms with E-state index in [4.69, 9.17) is 9.84 Å². The molecule has 1 atom stereocenters. The van der Waals surface area contributed by atoms with Crippen LogP contribution in [-0.4, -0.2) is 40.9 Å². The topological polar surface area (TPSA) is 69.0 Å². The third-order valence-corrected chi connectivity index (χ3v) is 4.61. The molecule has 1 aliphatic heterocycles. The highest BCUT2D eigenvalue weighted by atomic mass is 16.5. The molecule has 0 aliphatic carbocycles. The molecule has 0 saturated carbocycles. The monoisotopic (exact) mass is 348 g/mol. The quantitative estimate of drug-likeness (QED) is 0.787. The van der Waals surface area contributed by atoms with Crippen LogP contribution in [0.2, 0.25) is 0 Å². The molecule has 0 fully saturated rings. The second-order valence-corrected chi connectivity index (χ2v) is 6.27. The molecule has 6 heteroatoms. The molecule has 0 bridgehead atoms. The maximum Gasteiger partial charge on any atom is 0.270 e. The van der Waals surface area contributed by atoms with E-state index in [0.717, 1.165) is 28.8 Å². The largest absolute Gasteiger partial charge is 0.382 e. The Morgan fingerprint density at radius 3 is 2.65 bits per heavy atom. The van der Waals surface area contributed by atoms with Crippen LogP contribution < -0.4 is 5.32 Å². The van der Waals surface area contributed by atoms with E-state index in [1.807, 2.05) is 47.1 Å². The summed E-state index contributed by atoms with van der Waals surface area (Å²) in [6.45, 7) is 1.11. The number of ether oxygens (including phenoxy) is 1. The van der Waals surface area contributed by atoms with Crippen LogP contribution in [0.1, 0.15) is 23.0 Å². The number of fused-ring (bicyclic) bond motifs is 1. The predicted octanol–water partition coefficient (Wildman–Crippen LogP) is 2.93. The first-order valence-electron chi connectivity index (χ1n) is 8.65. The summed E-state index contributed by atoms with van der Waals surface area (Å²) >= 11 is 0. The van der Waals surface area contributed by atoms with Crippen molar-refractivity contribution in [2.24, 2.45) is 0 Å². The van der Waals surface area contributed by atoms with Crippen molar-refractivity contribution >= 4 is 5.91 Å². The molecule has 1 unspecified atom stereocenters. The molecule has 1 amide bonds. The van der Waals surface area contributed by atoms with Crippen molar-refractivity contribution in [1.29, 1.82) is 0 Å². The molecule has 132 valence electrons. The van der Waals surface area contributed by atoms with E-state index < -0.39 is 0 Å². The van der Waals surface area contributed by atoms with Crippen LogP contribution in [0, 0.1) is 0 Å². The third kappa shape index (κ3) is 2.88. The lowest BCUT2D eigenvalue weighted by Crippen LogP contribution is -2.23. The van der Waals surface area contributed by atoms with Gasteiger partial charge in [0, 0.05) is 37.2 Å². The van der Waals surface area contributed by atoms with Gasteiger partial charge in [-0.15, -0.1) is 0 Å². The highest BCUT2D eigenvalue weighted by Gasteiger charge is 2.31. The zero-order valence-electron chi connectivity index (χ0n) is 14.6. The number of rotatable bonds is 4. The Hall–Kier alpha value is -2.99. The number of carbonyl (C=O) groups is 1. The Morgan fingerprint density at radius 2 is 1.92 bits per heavy atom. The van der Waals surface area contributed by atoms with E-state index in [-0.39, 0.29) is 11.9 Å². The normalized spacial score (nSPS) is 16.7. The summed E-state index contributed by atoms with van der Waals surface area (Å²) in [7, 11) is 1.67. The standard InChI is InChI=1S/C20H20N4O2/c1-26-13-16-9-12-22-20(25)19-17(14-5-3-2-4-6-14)18(23-24(16)19)15-7-10-21-11-8-15/h2-8,10-11,16H,9,12-13H2,1H3,(H,22,25). The van der Waals surface area contributed by atoms with Crippen LogP contribution in [0.4, 0.5) is 0 Å². The maximum absolute atomic E-state index is 12.9. The van der Waals surface area contributed by atoms with Crippen LogP contribution in [0.15, 0.2) is 54.9 Å². The minimum Gasteiger partial charge on any atom is -0.382 e. The number of benzene rings is 1. The van der Waals surface area contributed by atoms with Gasteiger partial charge in [-0.1, -0.05) is 30.3 Å². The highest BCUT2D eigenvalue weighted by Crippen LogP contribution is 2.36. The van der Waals surface area contributed by atoms with Crippen molar-refractivity contribution in [3.63, 3.8) is 0 Å². The van der Waals surface area contributed by atoms with Gasteiger partial charge in [0.05, 0.1) is 12.6 Å². The number of amides is 1. The molecule has 6 nitrogen and oxygen atoms in total. The molecule has 1 aliphatic rings. The number of hydrogen-bond acceptors (Lipinski definition) is 4. The third-order valence-electron chi connectivity index (χ3n) is 4.61. The average molecular weight is 348 g/mol. The van der Waals surface area contributed by atoms with E-state index >= 15 is 0 Å². The van der Waals surface area contributed by atoms with Crippen molar-refractivity contribution in [2.45, 2.75) is 12.5 Å². The van der Waals surface area contributed by atoms with Crippen LogP contribution in [0.25, 0.3) is 22.4 Å².